The maximum absolute atomic E-state index is 11.6. The van der Waals surface area contributed by atoms with E-state index in [4.69, 9.17) is 10.5 Å². The third kappa shape index (κ3) is 3.08. The first kappa shape index (κ1) is 10.7. The van der Waals surface area contributed by atoms with Gasteiger partial charge in [0.2, 0.25) is 0 Å². The highest BCUT2D eigenvalue weighted by Gasteiger charge is 2.26. The summed E-state index contributed by atoms with van der Waals surface area (Å²) in [5, 5.41) is 0. The van der Waals surface area contributed by atoms with E-state index in [0.717, 1.165) is 25.7 Å². The van der Waals surface area contributed by atoms with Crippen molar-refractivity contribution in [3.05, 3.63) is 0 Å². The third-order valence-corrected chi connectivity index (χ3v) is 2.77. The van der Waals surface area contributed by atoms with Crippen LogP contribution >= 0.6 is 0 Å². The average molecular weight is 185 g/mol. The van der Waals surface area contributed by atoms with Crippen LogP contribution in [0, 0.1) is 5.92 Å². The van der Waals surface area contributed by atoms with Gasteiger partial charge < -0.3 is 10.5 Å². The first-order valence-corrected chi connectivity index (χ1v) is 5.03. The molecule has 0 aromatic heterocycles. The zero-order valence-corrected chi connectivity index (χ0v) is 8.29. The topological polar surface area (TPSA) is 52.3 Å². The second-order valence-corrected chi connectivity index (χ2v) is 3.81. The quantitative estimate of drug-likeness (QED) is 0.670. The molecule has 76 valence electrons. The molecule has 0 aliphatic heterocycles. The molecule has 2 N–H and O–H groups in total. The Labute approximate surface area is 79.6 Å². The molecule has 0 amide bonds. The van der Waals surface area contributed by atoms with E-state index in [2.05, 4.69) is 0 Å². The minimum absolute atomic E-state index is 0.0439. The first-order chi connectivity index (χ1) is 6.25. The fraction of sp³-hybridized carbons (Fsp3) is 0.900. The third-order valence-electron chi connectivity index (χ3n) is 2.77. The highest BCUT2D eigenvalue weighted by atomic mass is 16.5. The molecule has 0 aromatic rings. The van der Waals surface area contributed by atoms with E-state index in [1.807, 2.05) is 0 Å². The smallest absolute Gasteiger partial charge is 0.163 e. The summed E-state index contributed by atoms with van der Waals surface area (Å²) in [6.45, 7) is 0.221. The molecule has 13 heavy (non-hydrogen) atoms. The summed E-state index contributed by atoms with van der Waals surface area (Å²) in [7, 11) is 1.56. The van der Waals surface area contributed by atoms with Crippen LogP contribution < -0.4 is 5.73 Å². The zero-order valence-electron chi connectivity index (χ0n) is 8.29. The Morgan fingerprint density at radius 2 is 2.08 bits per heavy atom. The molecule has 1 aliphatic rings. The Morgan fingerprint density at radius 3 is 2.77 bits per heavy atom. The minimum atomic E-state index is 0.0439. The molecule has 0 radical (unpaired) electrons. The van der Waals surface area contributed by atoms with Crippen molar-refractivity contribution in [3.63, 3.8) is 0 Å². The van der Waals surface area contributed by atoms with E-state index in [1.165, 1.54) is 6.42 Å². The highest BCUT2D eigenvalue weighted by Crippen LogP contribution is 2.22. The Bertz CT molecular complexity index is 170. The summed E-state index contributed by atoms with van der Waals surface area (Å²) in [6.07, 6.45) is 5.44. The predicted octanol–water partition coefficient (Wildman–Crippen LogP) is 1.11. The van der Waals surface area contributed by atoms with Crippen molar-refractivity contribution in [2.75, 3.05) is 13.7 Å². The van der Waals surface area contributed by atoms with Gasteiger partial charge >= 0.3 is 0 Å². The molecule has 0 heterocycles. The van der Waals surface area contributed by atoms with Crippen LogP contribution in [-0.4, -0.2) is 25.5 Å². The van der Waals surface area contributed by atoms with Gasteiger partial charge in [0.25, 0.3) is 0 Å². The zero-order chi connectivity index (χ0) is 9.68. The van der Waals surface area contributed by atoms with E-state index in [9.17, 15) is 4.79 Å². The Morgan fingerprint density at radius 1 is 1.38 bits per heavy atom. The van der Waals surface area contributed by atoms with E-state index >= 15 is 0 Å². The SMILES string of the molecule is COCC(=O)C1CCCCCC1N. The van der Waals surface area contributed by atoms with Crippen molar-refractivity contribution in [1.29, 1.82) is 0 Å². The predicted molar refractivity (Wildman–Crippen MR) is 51.4 cm³/mol. The van der Waals surface area contributed by atoms with Gasteiger partial charge in [-0.05, 0) is 12.8 Å². The molecule has 0 aromatic carbocycles. The molecule has 1 aliphatic carbocycles. The fourth-order valence-corrected chi connectivity index (χ4v) is 1.99. The van der Waals surface area contributed by atoms with Crippen molar-refractivity contribution in [2.45, 2.75) is 38.1 Å². The Hall–Kier alpha value is -0.410. The molecule has 3 heteroatoms. The summed E-state index contributed by atoms with van der Waals surface area (Å²) in [4.78, 5) is 11.6. The van der Waals surface area contributed by atoms with Crippen LogP contribution in [-0.2, 0) is 9.53 Å². The number of ether oxygens (including phenoxy) is 1. The van der Waals surface area contributed by atoms with Gasteiger partial charge in [-0.1, -0.05) is 19.3 Å². The van der Waals surface area contributed by atoms with Gasteiger partial charge in [-0.3, -0.25) is 4.79 Å². The lowest BCUT2D eigenvalue weighted by molar-refractivity contribution is -0.127. The number of rotatable bonds is 3. The van der Waals surface area contributed by atoms with Crippen LogP contribution in [0.1, 0.15) is 32.1 Å². The summed E-state index contributed by atoms with van der Waals surface area (Å²) >= 11 is 0. The lowest BCUT2D eigenvalue weighted by Gasteiger charge is -2.19. The molecular formula is C10H19NO2. The summed E-state index contributed by atoms with van der Waals surface area (Å²) in [5.41, 5.74) is 5.93. The monoisotopic (exact) mass is 185 g/mol. The highest BCUT2D eigenvalue weighted by molar-refractivity contribution is 5.82. The number of hydrogen-bond acceptors (Lipinski definition) is 3. The molecule has 1 saturated carbocycles. The largest absolute Gasteiger partial charge is 0.377 e. The Balaban J connectivity index is 2.48. The minimum Gasteiger partial charge on any atom is -0.377 e. The summed E-state index contributed by atoms with van der Waals surface area (Å²) < 4.78 is 4.84. The van der Waals surface area contributed by atoms with Crippen LogP contribution in [0.5, 0.6) is 0 Å². The second-order valence-electron chi connectivity index (χ2n) is 3.81. The van der Waals surface area contributed by atoms with Gasteiger partial charge in [-0.2, -0.15) is 0 Å². The average Bonchev–Trinajstić information content (AvgIpc) is 2.30. The van der Waals surface area contributed by atoms with Gasteiger partial charge in [0.15, 0.2) is 5.78 Å². The van der Waals surface area contributed by atoms with E-state index in [1.54, 1.807) is 7.11 Å². The van der Waals surface area contributed by atoms with Gasteiger partial charge in [0, 0.05) is 19.1 Å². The first-order valence-electron chi connectivity index (χ1n) is 5.03. The van der Waals surface area contributed by atoms with Crippen LogP contribution in [0.25, 0.3) is 0 Å². The molecule has 3 nitrogen and oxygen atoms in total. The second kappa shape index (κ2) is 5.35. The van der Waals surface area contributed by atoms with Gasteiger partial charge in [0.05, 0.1) is 0 Å². The normalized spacial score (nSPS) is 29.7. The van der Waals surface area contributed by atoms with Crippen molar-refractivity contribution in [1.82, 2.24) is 0 Å². The number of carbonyl (C=O) groups is 1. The molecule has 0 saturated heterocycles. The van der Waals surface area contributed by atoms with E-state index < -0.39 is 0 Å². The van der Waals surface area contributed by atoms with E-state index in [-0.39, 0.29) is 24.3 Å². The molecule has 1 fully saturated rings. The summed E-state index contributed by atoms with van der Waals surface area (Å²) in [5.74, 6) is 0.222. The van der Waals surface area contributed by atoms with E-state index in [0.29, 0.717) is 0 Å². The lowest BCUT2D eigenvalue weighted by Crippen LogP contribution is -2.36. The lowest BCUT2D eigenvalue weighted by atomic mass is 9.91. The number of Topliss-reactive ketones (excluding diaryl/α,β-unsaturated/α-hetero) is 1. The van der Waals surface area contributed by atoms with Crippen molar-refractivity contribution < 1.29 is 9.53 Å². The molecular weight excluding hydrogens is 166 g/mol. The molecule has 2 unspecified atom stereocenters. The van der Waals surface area contributed by atoms with Gasteiger partial charge in [-0.25, -0.2) is 0 Å². The number of ketones is 1. The number of methoxy groups -OCH3 is 1. The number of nitrogens with two attached hydrogens (primary N) is 1. The Kier molecular flexibility index (Phi) is 4.39. The number of carbonyl (C=O) groups excluding carboxylic acids is 1. The number of hydrogen-bond donors (Lipinski definition) is 1. The van der Waals surface area contributed by atoms with Crippen molar-refractivity contribution in [3.8, 4) is 0 Å². The van der Waals surface area contributed by atoms with Gasteiger partial charge in [0.1, 0.15) is 6.61 Å². The van der Waals surface area contributed by atoms with Crippen LogP contribution in [0.15, 0.2) is 0 Å². The summed E-state index contributed by atoms with van der Waals surface area (Å²) in [6, 6.07) is 0.0603. The van der Waals surface area contributed by atoms with Gasteiger partial charge in [-0.15, -0.1) is 0 Å². The van der Waals surface area contributed by atoms with Crippen LogP contribution in [0.4, 0.5) is 0 Å². The molecule has 2 atom stereocenters. The van der Waals surface area contributed by atoms with Crippen LogP contribution in [0.3, 0.4) is 0 Å². The van der Waals surface area contributed by atoms with Crippen molar-refractivity contribution >= 4 is 5.78 Å². The molecule has 0 bridgehead atoms. The standard InChI is InChI=1S/C10H19NO2/c1-13-7-10(12)8-5-3-2-4-6-9(8)11/h8-9H,2-7,11H2,1H3. The maximum atomic E-state index is 11.6. The fourth-order valence-electron chi connectivity index (χ4n) is 1.99. The van der Waals surface area contributed by atoms with Crippen molar-refractivity contribution in [2.24, 2.45) is 11.7 Å². The molecule has 1 rings (SSSR count). The van der Waals surface area contributed by atoms with Crippen LogP contribution in [0.2, 0.25) is 0 Å². The maximum Gasteiger partial charge on any atom is 0.163 e. The molecule has 0 spiro atoms.